The summed E-state index contributed by atoms with van der Waals surface area (Å²) < 4.78 is 4.92. The number of aromatic nitrogens is 1. The van der Waals surface area contributed by atoms with Crippen molar-refractivity contribution in [3.63, 3.8) is 0 Å². The highest BCUT2D eigenvalue weighted by Crippen LogP contribution is 2.22. The third-order valence-corrected chi connectivity index (χ3v) is 1.85. The molecule has 0 N–H and O–H groups in total. The van der Waals surface area contributed by atoms with E-state index in [9.17, 15) is 10.1 Å². The maximum atomic E-state index is 10.7. The van der Waals surface area contributed by atoms with Gasteiger partial charge >= 0.3 is 0 Å². The van der Waals surface area contributed by atoms with Crippen LogP contribution in [0.3, 0.4) is 0 Å². The summed E-state index contributed by atoms with van der Waals surface area (Å²) >= 11 is 0. The van der Waals surface area contributed by atoms with Gasteiger partial charge in [0.05, 0.1) is 17.6 Å². The molecule has 0 saturated heterocycles. The molecular formula is C10H13N3O3. The molecule has 6 heteroatoms. The second kappa shape index (κ2) is 5.11. The van der Waals surface area contributed by atoms with Crippen LogP contribution in [0, 0.1) is 10.1 Å². The Bertz CT molecular complexity index is 416. The van der Waals surface area contributed by atoms with Crippen LogP contribution < -0.4 is 4.74 Å². The normalized spacial score (nSPS) is 10.4. The lowest BCUT2D eigenvalue weighted by Gasteiger charge is -2.04. The first-order valence-electron chi connectivity index (χ1n) is 4.57. The lowest BCUT2D eigenvalue weighted by molar-refractivity contribution is -0.385. The third kappa shape index (κ3) is 2.94. The van der Waals surface area contributed by atoms with Crippen LogP contribution in [0.1, 0.15) is 5.56 Å². The van der Waals surface area contributed by atoms with E-state index < -0.39 is 4.92 Å². The van der Waals surface area contributed by atoms with Crippen molar-refractivity contribution in [2.75, 3.05) is 21.2 Å². The van der Waals surface area contributed by atoms with E-state index in [0.717, 1.165) is 0 Å². The van der Waals surface area contributed by atoms with E-state index >= 15 is 0 Å². The van der Waals surface area contributed by atoms with Gasteiger partial charge in [-0.15, -0.1) is 0 Å². The van der Waals surface area contributed by atoms with Crippen LogP contribution in [-0.4, -0.2) is 36.0 Å². The van der Waals surface area contributed by atoms with Crippen molar-refractivity contribution in [1.82, 2.24) is 9.88 Å². The predicted octanol–water partition coefficient (Wildman–Crippen LogP) is 1.53. The van der Waals surface area contributed by atoms with Gasteiger partial charge < -0.3 is 9.64 Å². The van der Waals surface area contributed by atoms with Gasteiger partial charge in [-0.05, 0) is 12.3 Å². The molecule has 0 bridgehead atoms. The Morgan fingerprint density at radius 1 is 1.56 bits per heavy atom. The first-order chi connectivity index (χ1) is 7.54. The fourth-order valence-electron chi connectivity index (χ4n) is 1.07. The van der Waals surface area contributed by atoms with Crippen LogP contribution in [0.2, 0.25) is 0 Å². The van der Waals surface area contributed by atoms with Crippen molar-refractivity contribution in [1.29, 1.82) is 0 Å². The molecule has 0 aliphatic carbocycles. The van der Waals surface area contributed by atoms with E-state index in [1.54, 1.807) is 17.2 Å². The molecule has 1 aromatic rings. The number of ether oxygens (including phenoxy) is 1. The van der Waals surface area contributed by atoms with E-state index in [1.165, 1.54) is 19.4 Å². The Balaban J connectivity index is 3.15. The standard InChI is InChI=1S/C10H13N3O3/c1-12(2)5-4-8-6-10(16-3)11-7-9(8)13(14)15/h4-7H,1-3H3/b5-4+. The highest BCUT2D eigenvalue weighted by atomic mass is 16.6. The van der Waals surface area contributed by atoms with Crippen LogP contribution in [0.5, 0.6) is 5.88 Å². The van der Waals surface area contributed by atoms with Gasteiger partial charge in [0.15, 0.2) is 0 Å². The quantitative estimate of drug-likeness (QED) is 0.572. The fraction of sp³-hybridized carbons (Fsp3) is 0.300. The number of rotatable bonds is 4. The molecule has 1 heterocycles. The monoisotopic (exact) mass is 223 g/mol. The first-order valence-corrected chi connectivity index (χ1v) is 4.57. The molecular weight excluding hydrogens is 210 g/mol. The lowest BCUT2D eigenvalue weighted by Crippen LogP contribution is -2.00. The van der Waals surface area contributed by atoms with E-state index in [1.807, 2.05) is 14.1 Å². The van der Waals surface area contributed by atoms with Crippen LogP contribution >= 0.6 is 0 Å². The summed E-state index contributed by atoms with van der Waals surface area (Å²) in [7, 11) is 5.13. The Morgan fingerprint density at radius 2 is 2.25 bits per heavy atom. The highest BCUT2D eigenvalue weighted by Gasteiger charge is 2.13. The smallest absolute Gasteiger partial charge is 0.295 e. The zero-order valence-corrected chi connectivity index (χ0v) is 9.38. The molecule has 0 unspecified atom stereocenters. The van der Waals surface area contributed by atoms with Gasteiger partial charge in [0.25, 0.3) is 5.69 Å². The first kappa shape index (κ1) is 12.0. The summed E-state index contributed by atoms with van der Waals surface area (Å²) in [5.41, 5.74) is 0.421. The molecule has 0 aliphatic rings. The molecule has 0 radical (unpaired) electrons. The maximum Gasteiger partial charge on any atom is 0.295 e. The second-order valence-corrected chi connectivity index (χ2v) is 3.32. The number of pyridine rings is 1. The Hall–Kier alpha value is -2.11. The van der Waals surface area contributed by atoms with E-state index in [4.69, 9.17) is 4.74 Å². The van der Waals surface area contributed by atoms with Crippen molar-refractivity contribution >= 4 is 11.8 Å². The van der Waals surface area contributed by atoms with Crippen molar-refractivity contribution in [3.05, 3.63) is 34.1 Å². The van der Waals surface area contributed by atoms with Crippen LogP contribution in [0.25, 0.3) is 6.08 Å². The molecule has 0 amide bonds. The molecule has 86 valence electrons. The Kier molecular flexibility index (Phi) is 3.82. The van der Waals surface area contributed by atoms with E-state index in [-0.39, 0.29) is 5.69 Å². The SMILES string of the molecule is COc1cc(/C=C/N(C)C)c([N+](=O)[O-])cn1. The van der Waals surface area contributed by atoms with Gasteiger partial charge in [0.2, 0.25) is 5.88 Å². The molecule has 6 nitrogen and oxygen atoms in total. The van der Waals surface area contributed by atoms with Crippen LogP contribution in [0.15, 0.2) is 18.5 Å². The van der Waals surface area contributed by atoms with Gasteiger partial charge in [0.1, 0.15) is 6.20 Å². The molecule has 16 heavy (non-hydrogen) atoms. The van der Waals surface area contributed by atoms with Gasteiger partial charge in [0, 0.05) is 20.2 Å². The van der Waals surface area contributed by atoms with Crippen LogP contribution in [-0.2, 0) is 0 Å². The molecule has 0 fully saturated rings. The van der Waals surface area contributed by atoms with E-state index in [0.29, 0.717) is 11.4 Å². The molecule has 1 aromatic heterocycles. The minimum Gasteiger partial charge on any atom is -0.481 e. The average molecular weight is 223 g/mol. The Morgan fingerprint density at radius 3 is 2.75 bits per heavy atom. The van der Waals surface area contributed by atoms with E-state index in [2.05, 4.69) is 4.98 Å². The van der Waals surface area contributed by atoms with Crippen molar-refractivity contribution < 1.29 is 9.66 Å². The molecule has 0 aliphatic heterocycles. The fourth-order valence-corrected chi connectivity index (χ4v) is 1.07. The summed E-state index contributed by atoms with van der Waals surface area (Å²) in [5.74, 6) is 0.351. The van der Waals surface area contributed by atoms with Gasteiger partial charge in [-0.25, -0.2) is 4.98 Å². The molecule has 0 saturated carbocycles. The van der Waals surface area contributed by atoms with Crippen molar-refractivity contribution in [3.8, 4) is 5.88 Å². The summed E-state index contributed by atoms with van der Waals surface area (Å²) in [6.07, 6.45) is 4.55. The minimum absolute atomic E-state index is 0.0427. The number of methoxy groups -OCH3 is 1. The number of nitro groups is 1. The second-order valence-electron chi connectivity index (χ2n) is 3.32. The summed E-state index contributed by atoms with van der Waals surface area (Å²) in [4.78, 5) is 15.9. The average Bonchev–Trinajstić information content (AvgIpc) is 2.25. The molecule has 0 spiro atoms. The summed E-state index contributed by atoms with van der Waals surface area (Å²) in [5, 5.41) is 10.7. The summed E-state index contributed by atoms with van der Waals surface area (Å²) in [6.45, 7) is 0. The Labute approximate surface area is 93.3 Å². The lowest BCUT2D eigenvalue weighted by atomic mass is 10.2. The highest BCUT2D eigenvalue weighted by molar-refractivity contribution is 5.60. The largest absolute Gasteiger partial charge is 0.481 e. The number of nitrogens with zero attached hydrogens (tertiary/aromatic N) is 3. The zero-order valence-electron chi connectivity index (χ0n) is 9.38. The van der Waals surface area contributed by atoms with Crippen LogP contribution in [0.4, 0.5) is 5.69 Å². The third-order valence-electron chi connectivity index (χ3n) is 1.85. The minimum atomic E-state index is -0.470. The maximum absolute atomic E-state index is 10.7. The number of hydrogen-bond donors (Lipinski definition) is 0. The molecule has 1 rings (SSSR count). The topological polar surface area (TPSA) is 68.5 Å². The van der Waals surface area contributed by atoms with Crippen molar-refractivity contribution in [2.24, 2.45) is 0 Å². The molecule has 0 aromatic carbocycles. The zero-order chi connectivity index (χ0) is 12.1. The number of hydrogen-bond acceptors (Lipinski definition) is 5. The van der Waals surface area contributed by atoms with Gasteiger partial charge in [-0.3, -0.25) is 10.1 Å². The van der Waals surface area contributed by atoms with Gasteiger partial charge in [-0.2, -0.15) is 0 Å². The molecule has 0 atom stereocenters. The summed E-state index contributed by atoms with van der Waals surface area (Å²) in [6, 6.07) is 1.53. The predicted molar refractivity (Wildman–Crippen MR) is 60.2 cm³/mol. The van der Waals surface area contributed by atoms with Crippen molar-refractivity contribution in [2.45, 2.75) is 0 Å². The van der Waals surface area contributed by atoms with Gasteiger partial charge in [-0.1, -0.05) is 0 Å².